The van der Waals surface area contributed by atoms with Crippen LogP contribution in [-0.2, 0) is 9.59 Å². The number of carboxylic acids is 2. The highest BCUT2D eigenvalue weighted by atomic mass is 16.4. The summed E-state index contributed by atoms with van der Waals surface area (Å²) in [6, 6.07) is 0. The summed E-state index contributed by atoms with van der Waals surface area (Å²) >= 11 is 0. The number of nitrogens with zero attached hydrogens (tertiary/aromatic N) is 6. The van der Waals surface area contributed by atoms with Gasteiger partial charge in [0.2, 0.25) is 0 Å². The number of aliphatic carboxylic acids is 2. The van der Waals surface area contributed by atoms with Crippen LogP contribution in [0.5, 0.6) is 0 Å². The van der Waals surface area contributed by atoms with E-state index in [1.807, 2.05) is 0 Å². The van der Waals surface area contributed by atoms with E-state index in [1.54, 1.807) is 0 Å². The van der Waals surface area contributed by atoms with Gasteiger partial charge in [0, 0.05) is 35.8 Å². The van der Waals surface area contributed by atoms with Crippen LogP contribution in [0.4, 0.5) is 0 Å². The molecular formula is C10H18N6O4. The summed E-state index contributed by atoms with van der Waals surface area (Å²) in [4.78, 5) is 24.9. The molecule has 0 rings (SSSR count). The van der Waals surface area contributed by atoms with Crippen LogP contribution < -0.4 is 0 Å². The van der Waals surface area contributed by atoms with E-state index in [-0.39, 0.29) is 12.8 Å². The van der Waals surface area contributed by atoms with Crippen LogP contribution in [0.1, 0.15) is 38.5 Å². The summed E-state index contributed by atoms with van der Waals surface area (Å²) in [6.45, 7) is 0.785. The fourth-order valence-corrected chi connectivity index (χ4v) is 1.01. The zero-order valence-electron chi connectivity index (χ0n) is 11.1. The first-order valence-electron chi connectivity index (χ1n) is 6.00. The van der Waals surface area contributed by atoms with E-state index in [0.29, 0.717) is 38.8 Å². The van der Waals surface area contributed by atoms with Gasteiger partial charge in [0.25, 0.3) is 0 Å². The summed E-state index contributed by atoms with van der Waals surface area (Å²) < 4.78 is 0. The fraction of sp³-hybridized carbons (Fsp3) is 0.800. The van der Waals surface area contributed by atoms with E-state index < -0.39 is 11.9 Å². The van der Waals surface area contributed by atoms with Gasteiger partial charge >= 0.3 is 11.9 Å². The van der Waals surface area contributed by atoms with Gasteiger partial charge < -0.3 is 10.2 Å². The molecule has 2 N–H and O–H groups in total. The lowest BCUT2D eigenvalue weighted by atomic mass is 10.2. The smallest absolute Gasteiger partial charge is 0.303 e. The Kier molecular flexibility index (Phi) is 16.5. The van der Waals surface area contributed by atoms with Gasteiger partial charge in [-0.2, -0.15) is 0 Å². The largest absolute Gasteiger partial charge is 0.481 e. The van der Waals surface area contributed by atoms with Crippen LogP contribution in [0, 0.1) is 0 Å². The SMILES string of the molecule is [N-]=[N+]=NCCCCC(=O)O.[N-]=[N+]=NCCCCC(=O)O. The van der Waals surface area contributed by atoms with Crippen LogP contribution in [0.15, 0.2) is 10.2 Å². The Morgan fingerprint density at radius 1 is 0.800 bits per heavy atom. The van der Waals surface area contributed by atoms with E-state index in [9.17, 15) is 9.59 Å². The molecule has 0 atom stereocenters. The molecule has 0 amide bonds. The van der Waals surface area contributed by atoms with Crippen molar-refractivity contribution in [2.45, 2.75) is 38.5 Å². The van der Waals surface area contributed by atoms with Gasteiger partial charge in [-0.25, -0.2) is 0 Å². The number of carbonyl (C=O) groups is 2. The van der Waals surface area contributed by atoms with Gasteiger partial charge in [-0.05, 0) is 36.7 Å². The Hall–Kier alpha value is -2.44. The standard InChI is InChI=1S/2C5H9N3O2/c2*6-8-7-4-2-1-3-5(9)10/h2*1-4H2,(H,9,10). The third-order valence-electron chi connectivity index (χ3n) is 1.92. The predicted molar refractivity (Wildman–Crippen MR) is 71.0 cm³/mol. The summed E-state index contributed by atoms with van der Waals surface area (Å²) in [5.41, 5.74) is 15.6. The Balaban J connectivity index is 0. The van der Waals surface area contributed by atoms with Crippen LogP contribution in [-0.4, -0.2) is 35.2 Å². The fourth-order valence-electron chi connectivity index (χ4n) is 1.01. The molecule has 0 aromatic heterocycles. The van der Waals surface area contributed by atoms with Crippen molar-refractivity contribution in [3.05, 3.63) is 20.9 Å². The van der Waals surface area contributed by atoms with Gasteiger partial charge in [-0.3, -0.25) is 9.59 Å². The molecular weight excluding hydrogens is 268 g/mol. The maximum atomic E-state index is 9.93. The molecule has 0 saturated carbocycles. The summed E-state index contributed by atoms with van der Waals surface area (Å²) in [7, 11) is 0. The molecule has 10 heteroatoms. The lowest BCUT2D eigenvalue weighted by Gasteiger charge is -1.90. The van der Waals surface area contributed by atoms with Crippen LogP contribution in [0.25, 0.3) is 20.9 Å². The van der Waals surface area contributed by atoms with Gasteiger partial charge in [0.05, 0.1) is 0 Å². The number of unbranched alkanes of at least 4 members (excludes halogenated alkanes) is 2. The molecule has 20 heavy (non-hydrogen) atoms. The van der Waals surface area contributed by atoms with Crippen molar-refractivity contribution < 1.29 is 19.8 Å². The molecule has 0 unspecified atom stereocenters. The van der Waals surface area contributed by atoms with Crippen LogP contribution in [0.2, 0.25) is 0 Å². The van der Waals surface area contributed by atoms with E-state index in [4.69, 9.17) is 21.3 Å². The van der Waals surface area contributed by atoms with E-state index in [1.165, 1.54) is 0 Å². The third-order valence-corrected chi connectivity index (χ3v) is 1.92. The van der Waals surface area contributed by atoms with Crippen molar-refractivity contribution in [2.24, 2.45) is 10.2 Å². The van der Waals surface area contributed by atoms with Crippen LogP contribution in [0.3, 0.4) is 0 Å². The first-order valence-corrected chi connectivity index (χ1v) is 6.00. The zero-order valence-corrected chi connectivity index (χ0v) is 11.1. The average Bonchev–Trinajstić information content (AvgIpc) is 2.38. The van der Waals surface area contributed by atoms with Gasteiger partial charge in [-0.15, -0.1) is 0 Å². The predicted octanol–water partition coefficient (Wildman–Crippen LogP) is 3.10. The second kappa shape index (κ2) is 16.6. The number of hydrogen-bond donors (Lipinski definition) is 2. The summed E-state index contributed by atoms with van der Waals surface area (Å²) in [5.74, 6) is -1.61. The number of rotatable bonds is 10. The number of carboxylic acid groups (broad SMARTS) is 2. The lowest BCUT2D eigenvalue weighted by Crippen LogP contribution is -1.94. The maximum Gasteiger partial charge on any atom is 0.303 e. The molecule has 0 aliphatic carbocycles. The Morgan fingerprint density at radius 3 is 1.40 bits per heavy atom. The Bertz CT molecular complexity index is 330. The van der Waals surface area contributed by atoms with Crippen molar-refractivity contribution in [2.75, 3.05) is 13.1 Å². The average molecular weight is 286 g/mol. The molecule has 0 aromatic rings. The maximum absolute atomic E-state index is 9.93. The molecule has 0 saturated heterocycles. The van der Waals surface area contributed by atoms with Gasteiger partial charge in [0.15, 0.2) is 0 Å². The molecule has 0 aliphatic rings. The topological polar surface area (TPSA) is 172 Å². The molecule has 0 aromatic carbocycles. The second-order valence-corrected chi connectivity index (χ2v) is 3.61. The first kappa shape index (κ1) is 19.9. The number of azide groups is 2. The van der Waals surface area contributed by atoms with Crippen molar-refractivity contribution in [1.29, 1.82) is 0 Å². The molecule has 0 radical (unpaired) electrons. The van der Waals surface area contributed by atoms with E-state index in [0.717, 1.165) is 0 Å². The molecule has 0 fully saturated rings. The molecule has 10 nitrogen and oxygen atoms in total. The van der Waals surface area contributed by atoms with Gasteiger partial charge in [-0.1, -0.05) is 10.2 Å². The van der Waals surface area contributed by atoms with Crippen molar-refractivity contribution in [3.8, 4) is 0 Å². The second-order valence-electron chi connectivity index (χ2n) is 3.61. The minimum absolute atomic E-state index is 0.154. The highest BCUT2D eigenvalue weighted by Crippen LogP contribution is 1.95. The molecule has 0 bridgehead atoms. The normalized spacial score (nSPS) is 8.40. The Morgan fingerprint density at radius 2 is 1.15 bits per heavy atom. The minimum atomic E-state index is -0.805. The monoisotopic (exact) mass is 286 g/mol. The zero-order chi connectivity index (χ0) is 15.6. The summed E-state index contributed by atoms with van der Waals surface area (Å²) in [6.07, 6.45) is 2.76. The minimum Gasteiger partial charge on any atom is -0.481 e. The molecule has 0 heterocycles. The van der Waals surface area contributed by atoms with E-state index >= 15 is 0 Å². The third kappa shape index (κ3) is 24.7. The lowest BCUT2D eigenvalue weighted by molar-refractivity contribution is -0.138. The molecule has 0 spiro atoms. The highest BCUT2D eigenvalue weighted by Gasteiger charge is 1.94. The van der Waals surface area contributed by atoms with Crippen molar-refractivity contribution >= 4 is 11.9 Å². The quantitative estimate of drug-likeness (QED) is 0.272. The number of hydrogen-bond acceptors (Lipinski definition) is 4. The van der Waals surface area contributed by atoms with Crippen molar-refractivity contribution in [3.63, 3.8) is 0 Å². The first-order chi connectivity index (χ1) is 9.54. The van der Waals surface area contributed by atoms with Gasteiger partial charge in [0.1, 0.15) is 0 Å². The Labute approximate surface area is 115 Å². The van der Waals surface area contributed by atoms with Crippen molar-refractivity contribution in [1.82, 2.24) is 0 Å². The van der Waals surface area contributed by atoms with Crippen LogP contribution >= 0.6 is 0 Å². The van der Waals surface area contributed by atoms with E-state index in [2.05, 4.69) is 20.1 Å². The highest BCUT2D eigenvalue weighted by molar-refractivity contribution is 5.66. The molecule has 112 valence electrons. The summed E-state index contributed by atoms with van der Waals surface area (Å²) in [5, 5.41) is 22.8. The molecule has 0 aliphatic heterocycles.